The number of ether oxygens (including phenoxy) is 1. The van der Waals surface area contributed by atoms with E-state index in [2.05, 4.69) is 9.97 Å². The number of carbonyl (C=O) groups is 2. The Kier molecular flexibility index (Phi) is 5.43. The summed E-state index contributed by atoms with van der Waals surface area (Å²) in [6.07, 6.45) is 4.23. The van der Waals surface area contributed by atoms with Gasteiger partial charge >= 0.3 is 0 Å². The van der Waals surface area contributed by atoms with Crippen LogP contribution in [-0.2, 0) is 17.7 Å². The summed E-state index contributed by atoms with van der Waals surface area (Å²) in [7, 11) is 0. The molecule has 35 heavy (non-hydrogen) atoms. The molecule has 2 aromatic heterocycles. The first-order chi connectivity index (χ1) is 16.9. The second-order valence-electron chi connectivity index (χ2n) is 9.90. The molecule has 184 valence electrons. The number of amides is 2. The van der Waals surface area contributed by atoms with Crippen molar-refractivity contribution in [1.82, 2.24) is 19.8 Å². The highest BCUT2D eigenvalue weighted by atomic mass is 19.3. The van der Waals surface area contributed by atoms with Gasteiger partial charge in [-0.1, -0.05) is 0 Å². The highest BCUT2D eigenvalue weighted by molar-refractivity contribution is 5.98. The predicted octanol–water partition coefficient (Wildman–Crippen LogP) is 3.03. The topological polar surface area (TPSA) is 78.9 Å². The van der Waals surface area contributed by atoms with Gasteiger partial charge in [0.25, 0.3) is 17.7 Å². The summed E-state index contributed by atoms with van der Waals surface area (Å²) in [5.41, 5.74) is 2.97. The zero-order valence-corrected chi connectivity index (χ0v) is 19.4. The Hall–Kier alpha value is -3.14. The van der Waals surface area contributed by atoms with E-state index in [1.165, 1.54) is 11.1 Å². The lowest BCUT2D eigenvalue weighted by Gasteiger charge is -2.32. The largest absolute Gasteiger partial charge is 0.381 e. The molecule has 2 aromatic rings. The van der Waals surface area contributed by atoms with Gasteiger partial charge < -0.3 is 19.4 Å². The van der Waals surface area contributed by atoms with Crippen molar-refractivity contribution in [3.05, 3.63) is 46.8 Å². The Morgan fingerprint density at radius 1 is 1.09 bits per heavy atom. The molecule has 4 aliphatic rings. The minimum absolute atomic E-state index is 0.0155. The molecule has 8 nitrogen and oxygen atoms in total. The number of piperidine rings is 1. The third-order valence-corrected chi connectivity index (χ3v) is 7.37. The summed E-state index contributed by atoms with van der Waals surface area (Å²) >= 11 is 0. The Morgan fingerprint density at radius 3 is 2.63 bits per heavy atom. The molecule has 0 saturated carbocycles. The van der Waals surface area contributed by atoms with Crippen LogP contribution in [0, 0.1) is 5.92 Å². The number of nitrogens with zero attached hydrogens (tertiary/aromatic N) is 5. The first kappa shape index (κ1) is 22.3. The van der Waals surface area contributed by atoms with E-state index in [1.807, 2.05) is 21.9 Å². The van der Waals surface area contributed by atoms with E-state index in [-0.39, 0.29) is 37.7 Å². The average molecular weight is 484 g/mol. The van der Waals surface area contributed by atoms with Crippen LogP contribution in [0.5, 0.6) is 0 Å². The van der Waals surface area contributed by atoms with Crippen LogP contribution in [0.1, 0.15) is 51.1 Å². The van der Waals surface area contributed by atoms with Crippen LogP contribution in [-0.4, -0.2) is 76.9 Å². The lowest BCUT2D eigenvalue weighted by molar-refractivity contribution is -0.0494. The van der Waals surface area contributed by atoms with Gasteiger partial charge in [-0.25, -0.2) is 18.7 Å². The Bertz CT molecular complexity index is 1180. The van der Waals surface area contributed by atoms with Crippen LogP contribution in [0.4, 0.5) is 20.4 Å². The van der Waals surface area contributed by atoms with Crippen molar-refractivity contribution >= 4 is 23.5 Å². The highest BCUT2D eigenvalue weighted by Gasteiger charge is 2.36. The summed E-state index contributed by atoms with van der Waals surface area (Å²) in [6.45, 7) is 3.51. The standard InChI is InChI=1S/C25H27F2N5O3/c26-25(27)3-6-30(7-4-25)23(33)18-8-17-2-1-5-32(22(17)29-10-18)21-9-19-13-31(12-16-14-35-15-16)24(34)20(19)11-28-21/h8-11,16H,1-7,12-15H2. The summed E-state index contributed by atoms with van der Waals surface area (Å²) in [4.78, 5) is 40.2. The maximum atomic E-state index is 13.5. The number of rotatable bonds is 4. The van der Waals surface area contributed by atoms with Crippen molar-refractivity contribution in [3.8, 4) is 0 Å². The van der Waals surface area contributed by atoms with Crippen molar-refractivity contribution in [2.24, 2.45) is 5.92 Å². The number of halogens is 2. The Morgan fingerprint density at radius 2 is 1.89 bits per heavy atom. The molecule has 0 N–H and O–H groups in total. The number of hydrogen-bond donors (Lipinski definition) is 0. The molecule has 0 spiro atoms. The second kappa shape index (κ2) is 8.51. The van der Waals surface area contributed by atoms with E-state index in [1.54, 1.807) is 6.20 Å². The van der Waals surface area contributed by atoms with Crippen LogP contribution >= 0.6 is 0 Å². The van der Waals surface area contributed by atoms with E-state index in [4.69, 9.17) is 4.74 Å². The summed E-state index contributed by atoms with van der Waals surface area (Å²) in [5, 5.41) is 0. The molecule has 2 saturated heterocycles. The first-order valence-electron chi connectivity index (χ1n) is 12.2. The van der Waals surface area contributed by atoms with Gasteiger partial charge in [0.15, 0.2) is 0 Å². The number of aromatic nitrogens is 2. The van der Waals surface area contributed by atoms with Crippen molar-refractivity contribution in [3.63, 3.8) is 0 Å². The van der Waals surface area contributed by atoms with Gasteiger partial charge in [-0.05, 0) is 36.1 Å². The third-order valence-electron chi connectivity index (χ3n) is 7.37. The van der Waals surface area contributed by atoms with E-state index in [9.17, 15) is 18.4 Å². The number of fused-ring (bicyclic) bond motifs is 2. The fourth-order valence-corrected chi connectivity index (χ4v) is 5.28. The molecule has 10 heteroatoms. The van der Waals surface area contributed by atoms with Gasteiger partial charge in [-0.15, -0.1) is 0 Å². The molecule has 0 unspecified atom stereocenters. The van der Waals surface area contributed by atoms with Crippen LogP contribution < -0.4 is 4.90 Å². The molecule has 0 radical (unpaired) electrons. The van der Waals surface area contributed by atoms with Crippen LogP contribution in [0.25, 0.3) is 0 Å². The van der Waals surface area contributed by atoms with E-state index in [0.29, 0.717) is 43.3 Å². The van der Waals surface area contributed by atoms with Crippen molar-refractivity contribution in [2.75, 3.05) is 44.3 Å². The molecule has 6 rings (SSSR count). The van der Waals surface area contributed by atoms with Crippen molar-refractivity contribution in [1.29, 1.82) is 0 Å². The van der Waals surface area contributed by atoms with Gasteiger partial charge in [0.05, 0.1) is 24.3 Å². The fourth-order valence-electron chi connectivity index (χ4n) is 5.28. The number of anilines is 2. The van der Waals surface area contributed by atoms with Crippen LogP contribution in [0.15, 0.2) is 24.5 Å². The SMILES string of the molecule is O=C(c1cnc2c(c1)CCCN2c1cc2c(cn1)C(=O)N(CC1COC1)C2)N1CCC(F)(F)CC1. The smallest absolute Gasteiger partial charge is 0.256 e. The van der Waals surface area contributed by atoms with Crippen molar-refractivity contribution < 1.29 is 23.1 Å². The molecule has 0 bridgehead atoms. The second-order valence-corrected chi connectivity index (χ2v) is 9.90. The predicted molar refractivity (Wildman–Crippen MR) is 123 cm³/mol. The minimum atomic E-state index is -2.69. The number of likely N-dealkylation sites (tertiary alicyclic amines) is 1. The molecule has 6 heterocycles. The third kappa shape index (κ3) is 4.13. The number of pyridine rings is 2. The van der Waals surface area contributed by atoms with Gasteiger partial charge in [-0.3, -0.25) is 9.59 Å². The molecule has 2 fully saturated rings. The maximum Gasteiger partial charge on any atom is 0.256 e. The molecule has 0 atom stereocenters. The molecular formula is C25H27F2N5O3. The van der Waals surface area contributed by atoms with E-state index in [0.717, 1.165) is 42.1 Å². The van der Waals surface area contributed by atoms with Crippen molar-refractivity contribution in [2.45, 2.75) is 38.2 Å². The molecule has 2 amide bonds. The fraction of sp³-hybridized carbons (Fsp3) is 0.520. The minimum Gasteiger partial charge on any atom is -0.381 e. The van der Waals surface area contributed by atoms with Crippen LogP contribution in [0.2, 0.25) is 0 Å². The molecule has 0 aromatic carbocycles. The van der Waals surface area contributed by atoms with Gasteiger partial charge in [0.2, 0.25) is 0 Å². The number of hydrogen-bond acceptors (Lipinski definition) is 6. The van der Waals surface area contributed by atoms with Crippen LogP contribution in [0.3, 0.4) is 0 Å². The van der Waals surface area contributed by atoms with Gasteiger partial charge in [0, 0.05) is 63.9 Å². The number of aryl methyl sites for hydroxylation is 1. The monoisotopic (exact) mass is 483 g/mol. The zero-order chi connectivity index (χ0) is 24.2. The highest BCUT2D eigenvalue weighted by Crippen LogP contribution is 2.35. The summed E-state index contributed by atoms with van der Waals surface area (Å²) < 4.78 is 32.2. The zero-order valence-electron chi connectivity index (χ0n) is 19.4. The van der Waals surface area contributed by atoms with Gasteiger partial charge in [0.1, 0.15) is 11.6 Å². The lowest BCUT2D eigenvalue weighted by Crippen LogP contribution is -2.42. The number of carbonyl (C=O) groups excluding carboxylic acids is 2. The van der Waals surface area contributed by atoms with Gasteiger partial charge in [-0.2, -0.15) is 0 Å². The maximum absolute atomic E-state index is 13.5. The first-order valence-corrected chi connectivity index (χ1v) is 12.2. The summed E-state index contributed by atoms with van der Waals surface area (Å²) in [5.74, 6) is -1.05. The Labute approximate surface area is 201 Å². The molecular weight excluding hydrogens is 456 g/mol. The molecule has 4 aliphatic heterocycles. The quantitative estimate of drug-likeness (QED) is 0.665. The molecule has 0 aliphatic carbocycles. The lowest BCUT2D eigenvalue weighted by atomic mass is 10.0. The average Bonchev–Trinajstić information content (AvgIpc) is 3.14. The van der Waals surface area contributed by atoms with E-state index < -0.39 is 5.92 Å². The normalized spacial score (nSPS) is 21.5. The van der Waals surface area contributed by atoms with E-state index >= 15 is 0 Å². The summed E-state index contributed by atoms with van der Waals surface area (Å²) in [6, 6.07) is 3.80. The Balaban J connectivity index is 1.21. The number of alkyl halides is 2.